The Morgan fingerprint density at radius 3 is 2.59 bits per heavy atom. The molecule has 166 valence electrons. The van der Waals surface area contributed by atoms with Crippen molar-refractivity contribution >= 4 is 11.8 Å². The minimum Gasteiger partial charge on any atom is -0.462 e. The van der Waals surface area contributed by atoms with Crippen LogP contribution in [0.1, 0.15) is 95.3 Å². The Morgan fingerprint density at radius 2 is 1.86 bits per heavy atom. The average Bonchev–Trinajstić information content (AvgIpc) is 2.98. The number of ketones is 1. The quantitative estimate of drug-likeness (QED) is 0.495. The lowest BCUT2D eigenvalue weighted by atomic mass is 9.47. The predicted octanol–water partition coefficient (Wildman–Crippen LogP) is 6.60. The molecule has 3 heteroatoms. The smallest absolute Gasteiger partial charge is 0.308 e. The molecular weight excluding hydrogens is 360 g/mol. The van der Waals surface area contributed by atoms with Crippen LogP contribution in [-0.2, 0) is 14.3 Å². The molecule has 4 aliphatic carbocycles. The van der Waals surface area contributed by atoms with E-state index in [2.05, 4.69) is 27.7 Å². The maximum atomic E-state index is 12.7. The Labute approximate surface area is 180 Å². The molecule has 0 spiro atoms. The summed E-state index contributed by atoms with van der Waals surface area (Å²) in [7, 11) is 0. The van der Waals surface area contributed by atoms with Crippen molar-refractivity contribution in [2.75, 3.05) is 0 Å². The second-order valence-corrected chi connectivity index (χ2v) is 11.5. The lowest BCUT2D eigenvalue weighted by Gasteiger charge is -2.57. The van der Waals surface area contributed by atoms with Crippen LogP contribution in [0.15, 0.2) is 11.6 Å². The molecule has 0 amide bonds. The summed E-state index contributed by atoms with van der Waals surface area (Å²) in [6, 6.07) is 0. The molecule has 29 heavy (non-hydrogen) atoms. The van der Waals surface area contributed by atoms with Gasteiger partial charge in [-0.05, 0) is 86.5 Å². The van der Waals surface area contributed by atoms with Gasteiger partial charge in [-0.2, -0.15) is 0 Å². The first-order chi connectivity index (χ1) is 13.6. The molecule has 0 heterocycles. The number of ether oxygens (including phenoxy) is 1. The molecule has 3 fully saturated rings. The molecule has 3 nitrogen and oxygen atoms in total. The van der Waals surface area contributed by atoms with Gasteiger partial charge in [-0.15, -0.1) is 0 Å². The lowest BCUT2D eigenvalue weighted by Crippen LogP contribution is -2.51. The van der Waals surface area contributed by atoms with E-state index in [-0.39, 0.29) is 31.7 Å². The molecule has 0 aromatic heterocycles. The van der Waals surface area contributed by atoms with Crippen molar-refractivity contribution in [2.24, 2.45) is 40.4 Å². The summed E-state index contributed by atoms with van der Waals surface area (Å²) in [6.45, 7) is 11.2. The van der Waals surface area contributed by atoms with Gasteiger partial charge in [0, 0.05) is 14.7 Å². The molecule has 0 aliphatic heterocycles. The molecule has 4 aliphatic rings. The van der Waals surface area contributed by atoms with E-state index in [1.807, 2.05) is 13.0 Å². The van der Waals surface area contributed by atoms with Crippen LogP contribution < -0.4 is 0 Å². The van der Waals surface area contributed by atoms with Crippen molar-refractivity contribution in [3.8, 4) is 0 Å². The van der Waals surface area contributed by atoms with E-state index in [9.17, 15) is 9.59 Å². The zero-order valence-corrected chi connectivity index (χ0v) is 19.1. The summed E-state index contributed by atoms with van der Waals surface area (Å²) in [5.74, 6) is 2.95. The van der Waals surface area contributed by atoms with Crippen LogP contribution in [0.25, 0.3) is 0 Å². The Balaban J connectivity index is 0.00000171. The molecule has 7 atom stereocenters. The third kappa shape index (κ3) is 3.51. The molecule has 4 rings (SSSR count). The van der Waals surface area contributed by atoms with E-state index in [4.69, 9.17) is 4.74 Å². The van der Waals surface area contributed by atoms with Gasteiger partial charge in [-0.25, -0.2) is 0 Å². The van der Waals surface area contributed by atoms with Crippen LogP contribution >= 0.6 is 0 Å². The summed E-state index contributed by atoms with van der Waals surface area (Å²) >= 11 is 0. The first kappa shape index (κ1) is 21.1. The van der Waals surface area contributed by atoms with E-state index in [0.717, 1.165) is 44.4 Å². The lowest BCUT2D eigenvalue weighted by molar-refractivity contribution is -0.164. The highest BCUT2D eigenvalue weighted by Crippen LogP contribution is 2.65. The molecule has 7 unspecified atom stereocenters. The summed E-state index contributed by atoms with van der Waals surface area (Å²) in [4.78, 5) is 24.7. The van der Waals surface area contributed by atoms with Crippen molar-refractivity contribution in [3.05, 3.63) is 11.6 Å². The number of carbonyl (C=O) groups is 2. The summed E-state index contributed by atoms with van der Waals surface area (Å²) in [5.41, 5.74) is 1.79. The first-order valence-electron chi connectivity index (χ1n) is 12.1. The minimum absolute atomic E-state index is 0. The van der Waals surface area contributed by atoms with E-state index in [1.165, 1.54) is 24.8 Å². The van der Waals surface area contributed by atoms with E-state index in [1.54, 1.807) is 0 Å². The normalized spacial score (nSPS) is 42.6. The van der Waals surface area contributed by atoms with Crippen molar-refractivity contribution < 1.29 is 17.2 Å². The number of carbonyl (C=O) groups excluding carboxylic acids is 2. The number of hydrogen-bond acceptors (Lipinski definition) is 3. The number of esters is 1. The van der Waals surface area contributed by atoms with Crippen molar-refractivity contribution in [3.63, 3.8) is 0 Å². The second kappa shape index (κ2) is 7.54. The fourth-order valence-electron chi connectivity index (χ4n) is 7.76. The second-order valence-electron chi connectivity index (χ2n) is 11.5. The van der Waals surface area contributed by atoms with Crippen LogP contribution in [0.5, 0.6) is 0 Å². The van der Waals surface area contributed by atoms with Crippen LogP contribution in [0.4, 0.5) is 0 Å². The number of allylic oxidation sites excluding steroid dienone is 1. The van der Waals surface area contributed by atoms with E-state index < -0.39 is 0 Å². The Morgan fingerprint density at radius 1 is 1.10 bits per heavy atom. The Hall–Kier alpha value is -1.12. The van der Waals surface area contributed by atoms with E-state index >= 15 is 0 Å². The molecule has 0 bridgehead atoms. The third-order valence-electron chi connectivity index (χ3n) is 9.36. The van der Waals surface area contributed by atoms with Gasteiger partial charge in [0.1, 0.15) is 6.10 Å². The molecule has 0 saturated heterocycles. The number of rotatable bonds is 4. The van der Waals surface area contributed by atoms with Gasteiger partial charge < -0.3 is 4.74 Å². The molecule has 0 aromatic carbocycles. The van der Waals surface area contributed by atoms with Crippen LogP contribution in [0.2, 0.25) is 0 Å². The summed E-state index contributed by atoms with van der Waals surface area (Å²) in [5, 5.41) is 0. The van der Waals surface area contributed by atoms with Crippen LogP contribution in [-0.4, -0.2) is 17.9 Å². The fourth-order valence-corrected chi connectivity index (χ4v) is 7.76. The van der Waals surface area contributed by atoms with Crippen LogP contribution in [0, 0.1) is 40.4 Å². The largest absolute Gasteiger partial charge is 0.462 e. The summed E-state index contributed by atoms with van der Waals surface area (Å²) < 4.78 is 6.18. The number of hydrogen-bond donors (Lipinski definition) is 0. The van der Waals surface area contributed by atoms with Crippen molar-refractivity contribution in [1.29, 1.82) is 0 Å². The Kier molecular flexibility index (Phi) is 5.49. The maximum Gasteiger partial charge on any atom is 0.308 e. The zero-order valence-electron chi connectivity index (χ0n) is 19.1. The zero-order chi connectivity index (χ0) is 21.0. The molecule has 0 N–H and O–H groups in total. The third-order valence-corrected chi connectivity index (χ3v) is 9.36. The highest BCUT2D eigenvalue weighted by Gasteiger charge is 2.60. The van der Waals surface area contributed by atoms with Gasteiger partial charge in [0.25, 0.3) is 0 Å². The maximum absolute atomic E-state index is 12.7. The molecule has 0 aromatic rings. The van der Waals surface area contributed by atoms with Crippen molar-refractivity contribution in [2.45, 2.75) is 98.5 Å². The van der Waals surface area contributed by atoms with Gasteiger partial charge in [-0.3, -0.25) is 9.59 Å². The molecular formula is C26H44O3. The predicted molar refractivity (Wildman–Crippen MR) is 119 cm³/mol. The Bertz CT molecular complexity index is 717. The SMILES string of the molecule is CC(C)CC(C)C(=O)OC1CCC2C3CCC4=CC(=O)CCC4(C)C3CCC12C.[HH].[HH]. The van der Waals surface area contributed by atoms with Gasteiger partial charge in [0.2, 0.25) is 0 Å². The monoisotopic (exact) mass is 404 g/mol. The molecule has 0 radical (unpaired) electrons. The topological polar surface area (TPSA) is 43.4 Å². The minimum atomic E-state index is -0.00458. The standard InChI is InChI=1S/C26H40O3.2H2/c1-16(2)14-17(3)24(28)29-23-9-8-21-20-7-6-18-15-19(27)10-12-25(18,4)22(20)11-13-26(21,23)5;;/h15-17,20-23H,6-14H2,1-5H3;2*1H. The highest BCUT2D eigenvalue weighted by molar-refractivity contribution is 5.91. The highest BCUT2D eigenvalue weighted by atomic mass is 16.5. The van der Waals surface area contributed by atoms with Gasteiger partial charge >= 0.3 is 5.97 Å². The van der Waals surface area contributed by atoms with Gasteiger partial charge in [0.05, 0.1) is 5.92 Å². The first-order valence-corrected chi connectivity index (χ1v) is 12.1. The van der Waals surface area contributed by atoms with Crippen LogP contribution in [0.3, 0.4) is 0 Å². The fraction of sp³-hybridized carbons (Fsp3) is 0.846. The van der Waals surface area contributed by atoms with E-state index in [0.29, 0.717) is 23.5 Å². The summed E-state index contributed by atoms with van der Waals surface area (Å²) in [6.07, 6.45) is 11.6. The van der Waals surface area contributed by atoms with Gasteiger partial charge in [-0.1, -0.05) is 40.2 Å². The average molecular weight is 405 g/mol. The molecule has 3 saturated carbocycles. The number of fused-ring (bicyclic) bond motifs is 5. The van der Waals surface area contributed by atoms with Gasteiger partial charge in [0.15, 0.2) is 5.78 Å². The van der Waals surface area contributed by atoms with Crippen molar-refractivity contribution in [1.82, 2.24) is 0 Å².